The van der Waals surface area contributed by atoms with Crippen LogP contribution in [0.2, 0.25) is 0 Å². The Kier molecular flexibility index (Phi) is 29.2. The number of alkyl halides is 2. The van der Waals surface area contributed by atoms with Crippen LogP contribution in [-0.2, 0) is 119 Å². The molecule has 3 aliphatic heterocycles. The molecule has 586 valence electrons. The summed E-state index contributed by atoms with van der Waals surface area (Å²) in [6, 6.07) is 20.6. The predicted molar refractivity (Wildman–Crippen MR) is 399 cm³/mol. The molecule has 7 N–H and O–H groups in total. The summed E-state index contributed by atoms with van der Waals surface area (Å²) in [6.07, 6.45) is 1.78. The van der Waals surface area contributed by atoms with Crippen LogP contribution < -0.4 is 31.9 Å². The number of thiazole rings is 1. The van der Waals surface area contributed by atoms with Crippen molar-refractivity contribution < 1.29 is 94.3 Å². The zero-order chi connectivity index (χ0) is 79.1. The van der Waals surface area contributed by atoms with E-state index in [-0.39, 0.29) is 82.8 Å². The number of amides is 7. The number of nitrogens with zero attached hydrogens (tertiary/aromatic N) is 3. The van der Waals surface area contributed by atoms with Crippen molar-refractivity contribution in [2.45, 2.75) is 196 Å². The summed E-state index contributed by atoms with van der Waals surface area (Å²) < 4.78 is 84.1. The molecule has 1 fully saturated rings. The summed E-state index contributed by atoms with van der Waals surface area (Å²) in [5.74, 6) is -5.45. The molecule has 0 aliphatic carbocycles. The molecule has 1 unspecified atom stereocenters. The number of benzene rings is 4. The summed E-state index contributed by atoms with van der Waals surface area (Å²) in [5, 5.41) is 22.2. The summed E-state index contributed by atoms with van der Waals surface area (Å²) in [6.45, 7) is 18.1. The van der Waals surface area contributed by atoms with Crippen molar-refractivity contribution in [3.8, 4) is 10.4 Å². The van der Waals surface area contributed by atoms with E-state index in [4.69, 9.17) is 38.5 Å². The smallest absolute Gasteiger partial charge is 0.410 e. The monoisotopic (exact) mass is 1540 g/mol. The van der Waals surface area contributed by atoms with Gasteiger partial charge in [-0.15, -0.1) is 11.3 Å². The molecule has 4 aromatic carbocycles. The quantitative estimate of drug-likeness (QED) is 0.00723. The lowest BCUT2D eigenvalue weighted by Crippen LogP contribution is -2.58. The van der Waals surface area contributed by atoms with Gasteiger partial charge in [0.1, 0.15) is 30.8 Å². The van der Waals surface area contributed by atoms with Crippen molar-refractivity contribution in [1.82, 2.24) is 31.2 Å². The number of β-amino-alcohol motifs (C(OH)–C–C–N with tert-alkyl or cyclic N) is 1. The maximum absolute atomic E-state index is 16.3. The van der Waals surface area contributed by atoms with Gasteiger partial charge in [0.15, 0.2) is 0 Å². The van der Waals surface area contributed by atoms with Crippen LogP contribution in [0.4, 0.5) is 14.5 Å². The summed E-state index contributed by atoms with van der Waals surface area (Å²) >= 11 is 1.55. The highest BCUT2D eigenvalue weighted by Gasteiger charge is 2.56. The van der Waals surface area contributed by atoms with Crippen LogP contribution in [0.3, 0.4) is 0 Å². The Morgan fingerprint density at radius 2 is 1.41 bits per heavy atom. The zero-order valence-electron chi connectivity index (χ0n) is 63.3. The first-order chi connectivity index (χ1) is 50.8. The van der Waals surface area contributed by atoms with Gasteiger partial charge in [-0.25, -0.2) is 4.98 Å². The van der Waals surface area contributed by atoms with E-state index in [1.165, 1.54) is 76.5 Å². The van der Waals surface area contributed by atoms with Gasteiger partial charge < -0.3 is 60.7 Å². The Morgan fingerprint density at radius 3 is 2.02 bits per heavy atom. The molecule has 0 saturated carbocycles. The molecular weight excluding hydrogens is 1440 g/mol. The summed E-state index contributed by atoms with van der Waals surface area (Å²) in [7, 11) is -5.62. The highest BCUT2D eigenvalue weighted by atomic mass is 32.1. The van der Waals surface area contributed by atoms with E-state index < -0.39 is 144 Å². The Balaban J connectivity index is 0.780. The molecule has 8 rings (SSSR count). The second-order valence-corrected chi connectivity index (χ2v) is 33.3. The number of nitrogens with one attached hydrogen (secondary N) is 4. The molecule has 108 heavy (non-hydrogen) atoms. The topological polar surface area (TPSA) is 349 Å². The molecule has 26 nitrogen and oxygen atoms in total. The lowest BCUT2D eigenvalue weighted by Gasteiger charge is -2.35. The average molecular weight is 1540 g/mol. The van der Waals surface area contributed by atoms with Crippen molar-refractivity contribution in [2.24, 2.45) is 22.0 Å². The fraction of sp³-hybridized carbons (Fsp3) is 0.513. The minimum atomic E-state index is -5.62. The SMILES string of the molecule is C/C(=C\C(=O)N[C@H]1CCc2cccc3c2N(C1=O)[C@H](C(=O)NC(CCC(N)=O)[C@@H](C)OCc1ccc(CCCOCCOCC(=O)N[C@H](C(=O)N2C[C@H](O)C[C@H]2C(=O)NCc2ccc(-c4scnc4C)cc2)C(C)(C)C)cc1)C3)c1ccc(C(F)(F)P(=O)(OCOC(=O)C(C)(C)C)OCOC(=O)C(C)(C)C)cc1. The fourth-order valence-electron chi connectivity index (χ4n) is 12.4. The van der Waals surface area contributed by atoms with E-state index in [1.807, 2.05) is 73.7 Å². The highest BCUT2D eigenvalue weighted by Crippen LogP contribution is 2.67. The third kappa shape index (κ3) is 22.7. The fourth-order valence-corrected chi connectivity index (χ4v) is 14.4. The number of rotatable bonds is 35. The minimum Gasteiger partial charge on any atom is -0.438 e. The van der Waals surface area contributed by atoms with E-state index in [0.717, 1.165) is 56.1 Å². The van der Waals surface area contributed by atoms with Crippen LogP contribution in [0, 0.1) is 23.2 Å². The maximum Gasteiger partial charge on any atom is 0.410 e. The largest absolute Gasteiger partial charge is 0.438 e. The number of allylic oxidation sites excluding steroid dienone is 1. The minimum absolute atomic E-state index is 0.0577. The van der Waals surface area contributed by atoms with E-state index in [0.29, 0.717) is 31.6 Å². The third-order valence-corrected chi connectivity index (χ3v) is 21.5. The van der Waals surface area contributed by atoms with E-state index in [1.54, 1.807) is 44.5 Å². The van der Waals surface area contributed by atoms with Crippen LogP contribution in [0.25, 0.3) is 16.0 Å². The molecule has 7 atom stereocenters. The second-order valence-electron chi connectivity index (χ2n) is 30.4. The molecule has 1 saturated heterocycles. The van der Waals surface area contributed by atoms with Crippen LogP contribution in [-0.4, -0.2) is 157 Å². The number of halogens is 2. The number of hydrogen-bond donors (Lipinski definition) is 6. The van der Waals surface area contributed by atoms with Crippen molar-refractivity contribution in [1.29, 1.82) is 0 Å². The van der Waals surface area contributed by atoms with E-state index in [2.05, 4.69) is 26.3 Å². The second kappa shape index (κ2) is 37.2. The molecule has 5 aromatic rings. The molecule has 1 aromatic heterocycles. The van der Waals surface area contributed by atoms with Crippen LogP contribution >= 0.6 is 18.9 Å². The normalized spacial score (nSPS) is 17.8. The van der Waals surface area contributed by atoms with Crippen molar-refractivity contribution >= 4 is 83.5 Å². The molecular formula is C78H101F2N8O18PS. The number of carbonyl (C=O) groups excluding carboxylic acids is 9. The highest BCUT2D eigenvalue weighted by molar-refractivity contribution is 7.54. The van der Waals surface area contributed by atoms with Gasteiger partial charge in [-0.05, 0) is 144 Å². The maximum atomic E-state index is 16.3. The molecule has 0 bridgehead atoms. The summed E-state index contributed by atoms with van der Waals surface area (Å²) in [4.78, 5) is 129. The molecule has 3 aliphatic rings. The number of anilines is 1. The number of aromatic nitrogens is 1. The number of hydrogen-bond acceptors (Lipinski definition) is 20. The van der Waals surface area contributed by atoms with Gasteiger partial charge in [0.25, 0.3) is 0 Å². The number of primary amides is 1. The van der Waals surface area contributed by atoms with Crippen molar-refractivity contribution in [3.05, 3.63) is 147 Å². The Bertz CT molecular complexity index is 4060. The number of aryl methyl sites for hydroxylation is 3. The molecule has 0 spiro atoms. The van der Waals surface area contributed by atoms with Crippen LogP contribution in [0.5, 0.6) is 0 Å². The number of aliphatic hydroxyl groups is 1. The van der Waals surface area contributed by atoms with E-state index in [9.17, 15) is 52.8 Å². The van der Waals surface area contributed by atoms with Gasteiger partial charge in [-0.1, -0.05) is 112 Å². The Morgan fingerprint density at radius 1 is 0.787 bits per heavy atom. The lowest BCUT2D eigenvalue weighted by molar-refractivity contribution is -0.163. The Hall–Kier alpha value is -8.67. The first-order valence-corrected chi connectivity index (χ1v) is 38.4. The third-order valence-electron chi connectivity index (χ3n) is 18.7. The van der Waals surface area contributed by atoms with Gasteiger partial charge in [0, 0.05) is 50.6 Å². The van der Waals surface area contributed by atoms with E-state index >= 15 is 8.78 Å². The Labute approximate surface area is 632 Å². The standard InChI is InChI=1S/C78H101F2N8O18PS/c1-47(53-26-29-57(30-27-53)78(79,80)107(99,105-45-103-73(97)76(7,8)9)106-46-104-74(98)77(10,11)12)37-64(91)84-60-31-28-54-16-13-17-56-38-62(88(66(54)56)71(60)95)70(94)85-59(32-33-63(81)90)49(3)102-42-52-20-18-50(19-21-52)15-14-34-100-35-36-101-43-65(92)86-68(75(4,5)6)72(96)87-41-58(89)39-61(87)69(93)82-40-51-22-24-55(25-23-51)67-48(2)83-44-108-67/h13,16-27,29-30,37,44,49,58-62,68,89H,14-15,28,31-36,38-43,45-46H2,1-12H3,(H2,81,90)(H,82,93)(H,84,91)(H,85,94)(H,86,92)/b47-37+/t49-,58-,59?,60+,61+,62+,68-/m1/s1. The average Bonchev–Trinajstić information content (AvgIpc) is 1.58. The molecule has 7 amide bonds. The number of esters is 2. The summed E-state index contributed by atoms with van der Waals surface area (Å²) in [5.41, 5.74) is 6.67. The first-order valence-electron chi connectivity index (χ1n) is 36.0. The number of carbonyl (C=O) groups is 9. The predicted octanol–water partition coefficient (Wildman–Crippen LogP) is 9.41. The van der Waals surface area contributed by atoms with Gasteiger partial charge in [-0.2, -0.15) is 8.78 Å². The van der Waals surface area contributed by atoms with Crippen molar-refractivity contribution in [2.75, 3.05) is 51.5 Å². The van der Waals surface area contributed by atoms with Gasteiger partial charge in [0.2, 0.25) is 54.9 Å². The van der Waals surface area contributed by atoms with Gasteiger partial charge in [-0.3, -0.25) is 61.7 Å². The molecule has 4 heterocycles. The van der Waals surface area contributed by atoms with Crippen LogP contribution in [0.1, 0.15) is 153 Å². The van der Waals surface area contributed by atoms with Crippen molar-refractivity contribution in [3.63, 3.8) is 0 Å². The first kappa shape index (κ1) is 84.9. The van der Waals surface area contributed by atoms with Gasteiger partial charge in [0.05, 0.1) is 70.7 Å². The lowest BCUT2D eigenvalue weighted by atomic mass is 9.85. The van der Waals surface area contributed by atoms with Gasteiger partial charge >= 0.3 is 25.2 Å². The number of aliphatic hydroxyl groups excluding tert-OH is 1. The number of likely N-dealkylation sites (tertiary alicyclic amines) is 1. The molecule has 30 heteroatoms. The molecule has 0 radical (unpaired) electrons. The number of nitrogens with two attached hydrogens (primary N) is 1. The number of para-hydroxylation sites is 1. The number of ether oxygens (including phenoxy) is 5. The zero-order valence-corrected chi connectivity index (χ0v) is 65.0. The van der Waals surface area contributed by atoms with Crippen LogP contribution in [0.15, 0.2) is 103 Å².